The van der Waals surface area contributed by atoms with Crippen LogP contribution in [0.15, 0.2) is 22.0 Å². The van der Waals surface area contributed by atoms with Gasteiger partial charge in [0, 0.05) is 18.8 Å². The van der Waals surface area contributed by atoms with Crippen molar-refractivity contribution in [3.63, 3.8) is 0 Å². The molecule has 3 fully saturated rings. The Morgan fingerprint density at radius 2 is 1.80 bits per heavy atom. The molecule has 138 valence electrons. The molecule has 6 nitrogen and oxygen atoms in total. The first-order chi connectivity index (χ1) is 11.8. The van der Waals surface area contributed by atoms with E-state index in [2.05, 4.69) is 24.2 Å². The van der Waals surface area contributed by atoms with Crippen LogP contribution in [0.2, 0.25) is 0 Å². The highest BCUT2D eigenvalue weighted by Gasteiger charge is 2.60. The maximum absolute atomic E-state index is 10.5. The van der Waals surface area contributed by atoms with Gasteiger partial charge >= 0.3 is 0 Å². The summed E-state index contributed by atoms with van der Waals surface area (Å²) >= 11 is 0. The second-order valence-electron chi connectivity index (χ2n) is 8.98. The predicted octanol–water partition coefficient (Wildman–Crippen LogP) is 2.55. The van der Waals surface area contributed by atoms with Crippen molar-refractivity contribution in [3.8, 4) is 0 Å². The SMILES string of the molecule is C[C@]12CC[C@H]3[C@@H](C(=NO)C=C4C[C@@H](O)C(=NO)C[C@@]43C)[C@@H]1CC[C@@H]2O. The summed E-state index contributed by atoms with van der Waals surface area (Å²) in [7, 11) is 0. The van der Waals surface area contributed by atoms with Gasteiger partial charge in [-0.2, -0.15) is 0 Å². The molecule has 0 bridgehead atoms. The molecule has 25 heavy (non-hydrogen) atoms. The number of allylic oxidation sites excluding steroid dienone is 1. The summed E-state index contributed by atoms with van der Waals surface area (Å²) in [5.74, 6) is 0.666. The normalized spacial score (nSPS) is 52.5. The fourth-order valence-electron chi connectivity index (χ4n) is 6.47. The average molecular weight is 348 g/mol. The van der Waals surface area contributed by atoms with Crippen molar-refractivity contribution >= 4 is 11.4 Å². The van der Waals surface area contributed by atoms with Crippen molar-refractivity contribution in [1.29, 1.82) is 0 Å². The molecule has 6 heteroatoms. The number of aliphatic hydroxyl groups excluding tert-OH is 2. The van der Waals surface area contributed by atoms with Crippen LogP contribution in [0.5, 0.6) is 0 Å². The van der Waals surface area contributed by atoms with E-state index in [0.717, 1.165) is 31.3 Å². The maximum atomic E-state index is 10.5. The molecule has 0 aromatic heterocycles. The number of fused-ring (bicyclic) bond motifs is 5. The minimum atomic E-state index is -0.775. The quantitative estimate of drug-likeness (QED) is 0.399. The molecule has 0 aromatic rings. The van der Waals surface area contributed by atoms with Gasteiger partial charge in [0.15, 0.2) is 0 Å². The lowest BCUT2D eigenvalue weighted by Gasteiger charge is -2.57. The highest BCUT2D eigenvalue weighted by atomic mass is 16.4. The third-order valence-electron chi connectivity index (χ3n) is 8.03. The van der Waals surface area contributed by atoms with Crippen LogP contribution < -0.4 is 0 Å². The van der Waals surface area contributed by atoms with Gasteiger partial charge in [0.25, 0.3) is 0 Å². The van der Waals surface area contributed by atoms with E-state index in [9.17, 15) is 20.6 Å². The van der Waals surface area contributed by atoms with E-state index >= 15 is 0 Å². The van der Waals surface area contributed by atoms with Gasteiger partial charge in [-0.3, -0.25) is 0 Å². The molecular formula is C19H28N2O4. The second kappa shape index (κ2) is 5.55. The molecule has 4 aliphatic carbocycles. The number of hydrogen-bond acceptors (Lipinski definition) is 6. The molecule has 0 spiro atoms. The average Bonchev–Trinajstić information content (AvgIpc) is 2.90. The Labute approximate surface area is 147 Å². The fourth-order valence-corrected chi connectivity index (χ4v) is 6.47. The largest absolute Gasteiger partial charge is 0.411 e. The lowest BCUT2D eigenvalue weighted by Crippen LogP contribution is -2.55. The van der Waals surface area contributed by atoms with Gasteiger partial charge in [-0.25, -0.2) is 0 Å². The van der Waals surface area contributed by atoms with Crippen LogP contribution in [-0.4, -0.2) is 44.3 Å². The van der Waals surface area contributed by atoms with Crippen LogP contribution in [0.3, 0.4) is 0 Å². The molecule has 4 aliphatic rings. The molecule has 0 heterocycles. The van der Waals surface area contributed by atoms with Crippen molar-refractivity contribution in [1.82, 2.24) is 0 Å². The summed E-state index contributed by atoms with van der Waals surface area (Å²) in [5.41, 5.74) is 1.90. The van der Waals surface area contributed by atoms with Gasteiger partial charge in [0.2, 0.25) is 0 Å². The Bertz CT molecular complexity index is 672. The van der Waals surface area contributed by atoms with E-state index < -0.39 is 6.10 Å². The number of nitrogens with zero attached hydrogens (tertiary/aromatic N) is 2. The molecule has 0 saturated heterocycles. The topological polar surface area (TPSA) is 106 Å². The maximum Gasteiger partial charge on any atom is 0.0991 e. The van der Waals surface area contributed by atoms with Gasteiger partial charge in [0.05, 0.1) is 23.6 Å². The van der Waals surface area contributed by atoms with E-state index in [1.807, 2.05) is 6.08 Å². The molecule has 3 saturated carbocycles. The Kier molecular flexibility index (Phi) is 3.78. The summed E-state index contributed by atoms with van der Waals surface area (Å²) in [5, 5.41) is 46.8. The summed E-state index contributed by atoms with van der Waals surface area (Å²) in [6.45, 7) is 4.36. The summed E-state index contributed by atoms with van der Waals surface area (Å²) < 4.78 is 0. The zero-order chi connectivity index (χ0) is 18.0. The summed E-state index contributed by atoms with van der Waals surface area (Å²) in [4.78, 5) is 0. The number of rotatable bonds is 0. The number of oxime groups is 2. The Hall–Kier alpha value is -1.40. The van der Waals surface area contributed by atoms with Crippen molar-refractivity contribution < 1.29 is 20.6 Å². The lowest BCUT2D eigenvalue weighted by molar-refractivity contribution is -0.0412. The Morgan fingerprint density at radius 1 is 1.04 bits per heavy atom. The van der Waals surface area contributed by atoms with E-state index in [0.29, 0.717) is 30.2 Å². The van der Waals surface area contributed by atoms with E-state index in [4.69, 9.17) is 0 Å². The van der Waals surface area contributed by atoms with Crippen molar-refractivity contribution in [2.45, 2.75) is 64.6 Å². The Morgan fingerprint density at radius 3 is 2.48 bits per heavy atom. The molecule has 4 rings (SSSR count). The lowest BCUT2D eigenvalue weighted by atomic mass is 9.47. The third-order valence-corrected chi connectivity index (χ3v) is 8.03. The standard InChI is InChI=1S/C19H28N2O4/c1-18-6-5-12-17(11(18)3-4-16(18)23)13(20-24)7-10-8-15(22)14(21-25)9-19(10,12)2/h7,11-12,15-17,22-25H,3-6,8-9H2,1-2H3/t11-,12-,15+,16-,17-,18-,19-/m0/s1. The second-order valence-corrected chi connectivity index (χ2v) is 8.98. The number of hydrogen-bond donors (Lipinski definition) is 4. The predicted molar refractivity (Wildman–Crippen MR) is 92.9 cm³/mol. The van der Waals surface area contributed by atoms with Gasteiger partial charge in [0.1, 0.15) is 0 Å². The van der Waals surface area contributed by atoms with Gasteiger partial charge < -0.3 is 20.6 Å². The minimum Gasteiger partial charge on any atom is -0.411 e. The highest BCUT2D eigenvalue weighted by molar-refractivity contribution is 6.00. The fraction of sp³-hybridized carbons (Fsp3) is 0.789. The molecule has 0 aliphatic heterocycles. The number of aliphatic hydroxyl groups is 2. The van der Waals surface area contributed by atoms with Crippen molar-refractivity contribution in [3.05, 3.63) is 11.6 Å². The molecule has 0 unspecified atom stereocenters. The third kappa shape index (κ3) is 2.16. The van der Waals surface area contributed by atoms with Crippen LogP contribution in [0.25, 0.3) is 0 Å². The zero-order valence-electron chi connectivity index (χ0n) is 14.9. The minimum absolute atomic E-state index is 0.102. The monoisotopic (exact) mass is 348 g/mol. The van der Waals surface area contributed by atoms with Crippen molar-refractivity contribution in [2.24, 2.45) is 38.9 Å². The molecule has 7 atom stereocenters. The van der Waals surface area contributed by atoms with Crippen LogP contribution in [0, 0.1) is 28.6 Å². The van der Waals surface area contributed by atoms with E-state index in [1.165, 1.54) is 0 Å². The molecule has 0 amide bonds. The van der Waals surface area contributed by atoms with Crippen LogP contribution in [0.4, 0.5) is 0 Å². The van der Waals surface area contributed by atoms with Crippen LogP contribution in [0.1, 0.15) is 52.4 Å². The molecule has 0 radical (unpaired) electrons. The van der Waals surface area contributed by atoms with Gasteiger partial charge in [-0.1, -0.05) is 29.7 Å². The van der Waals surface area contributed by atoms with Gasteiger partial charge in [-0.05, 0) is 54.4 Å². The molecule has 0 aromatic carbocycles. The summed E-state index contributed by atoms with van der Waals surface area (Å²) in [6.07, 6.45) is 5.48. The smallest absolute Gasteiger partial charge is 0.0991 e. The first kappa shape index (κ1) is 17.0. The Balaban J connectivity index is 1.80. The summed E-state index contributed by atoms with van der Waals surface area (Å²) in [6, 6.07) is 0. The van der Waals surface area contributed by atoms with E-state index in [1.54, 1.807) is 0 Å². The molecule has 4 N–H and O–H groups in total. The first-order valence-electron chi connectivity index (χ1n) is 9.35. The zero-order valence-corrected chi connectivity index (χ0v) is 14.9. The first-order valence-corrected chi connectivity index (χ1v) is 9.35. The van der Waals surface area contributed by atoms with Crippen molar-refractivity contribution in [2.75, 3.05) is 0 Å². The van der Waals surface area contributed by atoms with Crippen LogP contribution in [-0.2, 0) is 0 Å². The van der Waals surface area contributed by atoms with E-state index in [-0.39, 0.29) is 28.8 Å². The molecular weight excluding hydrogens is 320 g/mol. The van der Waals surface area contributed by atoms with Gasteiger partial charge in [-0.15, -0.1) is 0 Å². The van der Waals surface area contributed by atoms with Crippen LogP contribution >= 0.6 is 0 Å². The highest BCUT2D eigenvalue weighted by Crippen LogP contribution is 2.64.